The van der Waals surface area contributed by atoms with Crippen LogP contribution in [0, 0.1) is 0 Å². The van der Waals surface area contributed by atoms with Gasteiger partial charge in [0.1, 0.15) is 0 Å². The van der Waals surface area contributed by atoms with E-state index < -0.39 is 0 Å². The highest BCUT2D eigenvalue weighted by Gasteiger charge is 2.28. The maximum atomic E-state index is 11.8. The molecule has 0 spiro atoms. The zero-order chi connectivity index (χ0) is 12.7. The number of carbonyl (C=O) groups is 1. The molecule has 0 saturated carbocycles. The van der Waals surface area contributed by atoms with Crippen LogP contribution in [-0.4, -0.2) is 36.0 Å². The average Bonchev–Trinajstić information content (AvgIpc) is 2.57. The van der Waals surface area contributed by atoms with Crippen molar-refractivity contribution < 1.29 is 4.79 Å². The topological polar surface area (TPSA) is 41.1 Å². The van der Waals surface area contributed by atoms with Gasteiger partial charge in [-0.25, -0.2) is 0 Å². The molecule has 1 fully saturated rings. The van der Waals surface area contributed by atoms with Crippen molar-refractivity contribution in [2.45, 2.75) is 56.7 Å². The minimum Gasteiger partial charge on any atom is -0.355 e. The molecule has 1 saturated heterocycles. The molecule has 0 aromatic heterocycles. The van der Waals surface area contributed by atoms with Crippen molar-refractivity contribution in [1.82, 2.24) is 10.6 Å². The molecule has 0 aliphatic carbocycles. The van der Waals surface area contributed by atoms with E-state index in [-0.39, 0.29) is 16.7 Å². The summed E-state index contributed by atoms with van der Waals surface area (Å²) in [4.78, 5) is 11.8. The Bertz CT molecular complexity index is 233. The number of carbonyl (C=O) groups excluding carboxylic acids is 1. The minimum atomic E-state index is 0.0159. The van der Waals surface area contributed by atoms with Gasteiger partial charge in [0.15, 0.2) is 0 Å². The molecule has 1 atom stereocenters. The molecule has 0 bridgehead atoms. The lowest BCUT2D eigenvalue weighted by molar-refractivity contribution is -0.122. The fraction of sp³-hybridized carbons (Fsp3) is 0.923. The van der Waals surface area contributed by atoms with Crippen molar-refractivity contribution in [2.24, 2.45) is 0 Å². The predicted molar refractivity (Wildman–Crippen MR) is 75.5 cm³/mol. The van der Waals surface area contributed by atoms with E-state index in [0.29, 0.717) is 0 Å². The molecule has 0 aromatic carbocycles. The van der Waals surface area contributed by atoms with Crippen molar-refractivity contribution >= 4 is 17.7 Å². The molecule has 100 valence electrons. The molecule has 0 radical (unpaired) electrons. The first-order valence-corrected chi connectivity index (χ1v) is 7.96. The first-order chi connectivity index (χ1) is 8.17. The van der Waals surface area contributed by atoms with Crippen LogP contribution in [-0.2, 0) is 4.79 Å². The van der Waals surface area contributed by atoms with Crippen molar-refractivity contribution in [1.29, 1.82) is 0 Å². The smallest absolute Gasteiger partial charge is 0.237 e. The van der Waals surface area contributed by atoms with Crippen LogP contribution in [0.4, 0.5) is 0 Å². The molecule has 1 amide bonds. The van der Waals surface area contributed by atoms with Gasteiger partial charge in [0.05, 0.1) is 6.04 Å². The molecule has 0 aromatic rings. The van der Waals surface area contributed by atoms with Crippen molar-refractivity contribution in [3.63, 3.8) is 0 Å². The Morgan fingerprint density at radius 2 is 2.12 bits per heavy atom. The normalized spacial score (nSPS) is 22.1. The molecule has 1 heterocycles. The van der Waals surface area contributed by atoms with Crippen LogP contribution in [0.25, 0.3) is 0 Å². The van der Waals surface area contributed by atoms with Gasteiger partial charge in [-0.2, -0.15) is 11.8 Å². The van der Waals surface area contributed by atoms with Crippen LogP contribution in [0.15, 0.2) is 0 Å². The van der Waals surface area contributed by atoms with Crippen molar-refractivity contribution in [2.75, 3.05) is 19.3 Å². The average molecular weight is 258 g/mol. The SMILES string of the molecule is CCC(CC)(CNC1CCCCNC1=O)SC. The van der Waals surface area contributed by atoms with Crippen LogP contribution in [0.5, 0.6) is 0 Å². The summed E-state index contributed by atoms with van der Waals surface area (Å²) in [7, 11) is 0. The van der Waals surface area contributed by atoms with Gasteiger partial charge in [-0.3, -0.25) is 4.79 Å². The summed E-state index contributed by atoms with van der Waals surface area (Å²) in [6.45, 7) is 6.23. The third kappa shape index (κ3) is 4.18. The standard InChI is InChI=1S/C13H26N2OS/c1-4-13(5-2,17-3)10-15-11-8-6-7-9-14-12(11)16/h11,15H,4-10H2,1-3H3,(H,14,16). The van der Waals surface area contributed by atoms with E-state index in [9.17, 15) is 4.79 Å². The van der Waals surface area contributed by atoms with E-state index >= 15 is 0 Å². The predicted octanol–water partition coefficient (Wildman–Crippen LogP) is 2.17. The van der Waals surface area contributed by atoms with Crippen LogP contribution < -0.4 is 10.6 Å². The number of nitrogens with one attached hydrogen (secondary N) is 2. The molecular formula is C13H26N2OS. The second-order valence-corrected chi connectivity index (χ2v) is 6.09. The molecule has 1 aliphatic heterocycles. The maximum Gasteiger partial charge on any atom is 0.237 e. The molecule has 1 unspecified atom stereocenters. The molecule has 1 rings (SSSR count). The Kier molecular flexibility index (Phi) is 6.34. The molecule has 3 nitrogen and oxygen atoms in total. The minimum absolute atomic E-state index is 0.0159. The monoisotopic (exact) mass is 258 g/mol. The van der Waals surface area contributed by atoms with Crippen LogP contribution in [0.3, 0.4) is 0 Å². The van der Waals surface area contributed by atoms with Crippen molar-refractivity contribution in [3.8, 4) is 0 Å². The second kappa shape index (κ2) is 7.27. The summed E-state index contributed by atoms with van der Waals surface area (Å²) in [6.07, 6.45) is 7.68. The van der Waals surface area contributed by atoms with Gasteiger partial charge >= 0.3 is 0 Å². The van der Waals surface area contributed by atoms with Gasteiger partial charge in [0, 0.05) is 17.8 Å². The molecule has 1 aliphatic rings. The van der Waals surface area contributed by atoms with Crippen LogP contribution >= 0.6 is 11.8 Å². The van der Waals surface area contributed by atoms with E-state index in [1.54, 1.807) is 0 Å². The molecule has 4 heteroatoms. The Balaban J connectivity index is 2.49. The molecule has 17 heavy (non-hydrogen) atoms. The number of hydrogen-bond donors (Lipinski definition) is 2. The third-order valence-corrected chi connectivity index (χ3v) is 5.52. The van der Waals surface area contributed by atoms with E-state index in [2.05, 4.69) is 30.7 Å². The van der Waals surface area contributed by atoms with Crippen LogP contribution in [0.1, 0.15) is 46.0 Å². The largest absolute Gasteiger partial charge is 0.355 e. The van der Waals surface area contributed by atoms with Crippen molar-refractivity contribution in [3.05, 3.63) is 0 Å². The Morgan fingerprint density at radius 1 is 1.41 bits per heavy atom. The summed E-state index contributed by atoms with van der Waals surface area (Å²) >= 11 is 1.92. The van der Waals surface area contributed by atoms with Gasteiger partial charge in [0.25, 0.3) is 0 Å². The number of thioether (sulfide) groups is 1. The highest BCUT2D eigenvalue weighted by molar-refractivity contribution is 8.00. The van der Waals surface area contributed by atoms with E-state index in [0.717, 1.165) is 45.2 Å². The fourth-order valence-electron chi connectivity index (χ4n) is 2.30. The van der Waals surface area contributed by atoms with Gasteiger partial charge in [-0.1, -0.05) is 13.8 Å². The van der Waals surface area contributed by atoms with Gasteiger partial charge in [-0.05, 0) is 38.4 Å². The first-order valence-electron chi connectivity index (χ1n) is 6.73. The lowest BCUT2D eigenvalue weighted by Gasteiger charge is -2.31. The van der Waals surface area contributed by atoms with E-state index in [1.807, 2.05) is 11.8 Å². The number of rotatable bonds is 6. The zero-order valence-corrected chi connectivity index (χ0v) is 12.2. The summed E-state index contributed by atoms with van der Waals surface area (Å²) in [6, 6.07) is 0.0159. The molecule has 2 N–H and O–H groups in total. The summed E-state index contributed by atoms with van der Waals surface area (Å²) in [5, 5.41) is 6.45. The van der Waals surface area contributed by atoms with E-state index in [4.69, 9.17) is 0 Å². The van der Waals surface area contributed by atoms with E-state index in [1.165, 1.54) is 0 Å². The zero-order valence-electron chi connectivity index (χ0n) is 11.3. The highest BCUT2D eigenvalue weighted by atomic mass is 32.2. The first kappa shape index (κ1) is 14.8. The number of amides is 1. The fourth-order valence-corrected chi connectivity index (χ4v) is 3.11. The number of hydrogen-bond acceptors (Lipinski definition) is 3. The summed E-state index contributed by atoms with van der Waals surface area (Å²) < 4.78 is 0.284. The maximum absolute atomic E-state index is 11.8. The third-order valence-electron chi connectivity index (χ3n) is 3.93. The van der Waals surface area contributed by atoms with Gasteiger partial charge in [0.2, 0.25) is 5.91 Å². The highest BCUT2D eigenvalue weighted by Crippen LogP contribution is 2.29. The van der Waals surface area contributed by atoms with Gasteiger partial charge < -0.3 is 10.6 Å². The van der Waals surface area contributed by atoms with Crippen LogP contribution in [0.2, 0.25) is 0 Å². The summed E-state index contributed by atoms with van der Waals surface area (Å²) in [5.41, 5.74) is 0. The lowest BCUT2D eigenvalue weighted by Crippen LogP contribution is -2.48. The molecular weight excluding hydrogens is 232 g/mol. The Morgan fingerprint density at radius 3 is 2.71 bits per heavy atom. The lowest BCUT2D eigenvalue weighted by atomic mass is 10.0. The Hall–Kier alpha value is -0.220. The summed E-state index contributed by atoms with van der Waals surface area (Å²) in [5.74, 6) is 0.185. The quantitative estimate of drug-likeness (QED) is 0.767. The van der Waals surface area contributed by atoms with Gasteiger partial charge in [-0.15, -0.1) is 0 Å². The Labute approximate surface area is 109 Å². The second-order valence-electron chi connectivity index (χ2n) is 4.81.